The molecule has 0 aliphatic heterocycles. The Hall–Kier alpha value is -3.80. The van der Waals surface area contributed by atoms with Crippen LogP contribution in [0.2, 0.25) is 0 Å². The summed E-state index contributed by atoms with van der Waals surface area (Å²) in [5, 5.41) is 6.42. The standard InChI is InChI=1S/C36H50N4O2/c1-21(2)29-17-27(39(9)10)18-30(22(3)4)33(29)37-35(41)25-14-13-15-26(16-25)36(42)38-34-31(23(5)6)19-28(40(11)12)20-32(34)24(7)8/h13-24H,1-12H3,(H,37,41)(H,38,42). The van der Waals surface area contributed by atoms with Crippen molar-refractivity contribution >= 4 is 34.6 Å². The molecule has 6 heteroatoms. The Labute approximate surface area is 253 Å². The Balaban J connectivity index is 1.99. The van der Waals surface area contributed by atoms with E-state index in [0.717, 1.165) is 45.0 Å². The van der Waals surface area contributed by atoms with Gasteiger partial charge < -0.3 is 20.4 Å². The third-order valence-corrected chi connectivity index (χ3v) is 7.75. The molecule has 0 fully saturated rings. The van der Waals surface area contributed by atoms with Crippen molar-refractivity contribution in [2.24, 2.45) is 0 Å². The van der Waals surface area contributed by atoms with Gasteiger partial charge in [-0.3, -0.25) is 9.59 Å². The second-order valence-corrected chi connectivity index (χ2v) is 12.9. The van der Waals surface area contributed by atoms with Crippen LogP contribution in [0.4, 0.5) is 22.7 Å². The molecular formula is C36H50N4O2. The van der Waals surface area contributed by atoms with Crippen molar-refractivity contribution in [3.8, 4) is 0 Å². The Bertz CT molecular complexity index is 1270. The molecule has 6 nitrogen and oxygen atoms in total. The van der Waals surface area contributed by atoms with E-state index in [1.807, 2.05) is 28.2 Å². The first-order valence-corrected chi connectivity index (χ1v) is 15.0. The summed E-state index contributed by atoms with van der Waals surface area (Å²) in [6, 6.07) is 15.6. The fourth-order valence-corrected chi connectivity index (χ4v) is 5.14. The topological polar surface area (TPSA) is 64.7 Å². The molecule has 0 heterocycles. The monoisotopic (exact) mass is 570 g/mol. The van der Waals surface area contributed by atoms with Crippen molar-refractivity contribution in [3.05, 3.63) is 81.9 Å². The second kappa shape index (κ2) is 13.5. The third kappa shape index (κ3) is 7.33. The van der Waals surface area contributed by atoms with Crippen LogP contribution in [0, 0.1) is 0 Å². The fraction of sp³-hybridized carbons (Fsp3) is 0.444. The third-order valence-electron chi connectivity index (χ3n) is 7.75. The first kappa shape index (κ1) is 32.7. The molecule has 0 saturated carbocycles. The number of carbonyl (C=O) groups is 2. The smallest absolute Gasteiger partial charge is 0.255 e. The lowest BCUT2D eigenvalue weighted by Crippen LogP contribution is -2.20. The van der Waals surface area contributed by atoms with Gasteiger partial charge in [0.2, 0.25) is 0 Å². The van der Waals surface area contributed by atoms with E-state index in [2.05, 4.69) is 100 Å². The number of anilines is 4. The quantitative estimate of drug-likeness (QED) is 0.256. The molecule has 0 aliphatic carbocycles. The Kier molecular flexibility index (Phi) is 10.5. The fourth-order valence-electron chi connectivity index (χ4n) is 5.14. The van der Waals surface area contributed by atoms with Crippen molar-refractivity contribution < 1.29 is 9.59 Å². The van der Waals surface area contributed by atoms with Gasteiger partial charge in [-0.25, -0.2) is 0 Å². The molecule has 0 atom stereocenters. The highest BCUT2D eigenvalue weighted by atomic mass is 16.2. The van der Waals surface area contributed by atoms with Crippen molar-refractivity contribution in [1.29, 1.82) is 0 Å². The molecule has 0 aromatic heterocycles. The van der Waals surface area contributed by atoms with Crippen LogP contribution in [-0.2, 0) is 0 Å². The van der Waals surface area contributed by atoms with Crippen LogP contribution in [0.3, 0.4) is 0 Å². The van der Waals surface area contributed by atoms with E-state index in [9.17, 15) is 9.59 Å². The number of benzene rings is 3. The van der Waals surface area contributed by atoms with Crippen LogP contribution in [-0.4, -0.2) is 40.0 Å². The SMILES string of the molecule is CC(C)c1cc(N(C)C)cc(C(C)C)c1NC(=O)c1cccc(C(=O)Nc2c(C(C)C)cc(N(C)C)cc2C(C)C)c1. The van der Waals surface area contributed by atoms with Gasteiger partial charge >= 0.3 is 0 Å². The van der Waals surface area contributed by atoms with E-state index in [4.69, 9.17) is 0 Å². The Morgan fingerprint density at radius 1 is 0.524 bits per heavy atom. The molecule has 2 N–H and O–H groups in total. The molecule has 3 rings (SSSR count). The Morgan fingerprint density at radius 3 is 1.05 bits per heavy atom. The van der Waals surface area contributed by atoms with Crippen molar-refractivity contribution in [2.75, 3.05) is 48.6 Å². The zero-order chi connectivity index (χ0) is 31.5. The van der Waals surface area contributed by atoms with E-state index in [1.54, 1.807) is 24.3 Å². The number of hydrogen-bond acceptors (Lipinski definition) is 4. The predicted molar refractivity (Wildman–Crippen MR) is 180 cm³/mol. The van der Waals surface area contributed by atoms with Crippen LogP contribution < -0.4 is 20.4 Å². The van der Waals surface area contributed by atoms with Gasteiger partial charge in [0.25, 0.3) is 11.8 Å². The number of nitrogens with zero attached hydrogens (tertiary/aromatic N) is 2. The summed E-state index contributed by atoms with van der Waals surface area (Å²) in [6.07, 6.45) is 0. The highest BCUT2D eigenvalue weighted by Crippen LogP contribution is 2.38. The van der Waals surface area contributed by atoms with Crippen LogP contribution in [0.25, 0.3) is 0 Å². The molecule has 0 saturated heterocycles. The molecule has 42 heavy (non-hydrogen) atoms. The van der Waals surface area contributed by atoms with Crippen LogP contribution in [0.15, 0.2) is 48.5 Å². The van der Waals surface area contributed by atoms with Crippen molar-refractivity contribution in [2.45, 2.75) is 79.1 Å². The first-order chi connectivity index (χ1) is 19.6. The van der Waals surface area contributed by atoms with E-state index in [0.29, 0.717) is 11.1 Å². The Morgan fingerprint density at radius 2 is 0.810 bits per heavy atom. The molecule has 3 aromatic rings. The number of carbonyl (C=O) groups excluding carboxylic acids is 2. The van der Waals surface area contributed by atoms with Crippen molar-refractivity contribution in [1.82, 2.24) is 0 Å². The van der Waals surface area contributed by atoms with Crippen LogP contribution in [0.1, 0.15) is 122 Å². The van der Waals surface area contributed by atoms with Gasteiger partial charge in [-0.2, -0.15) is 0 Å². The maximum atomic E-state index is 13.6. The van der Waals surface area contributed by atoms with E-state index >= 15 is 0 Å². The normalized spacial score (nSPS) is 11.4. The van der Waals surface area contributed by atoms with Crippen LogP contribution in [0.5, 0.6) is 0 Å². The van der Waals surface area contributed by atoms with Gasteiger partial charge in [0.1, 0.15) is 0 Å². The summed E-state index contributed by atoms with van der Waals surface area (Å²) in [7, 11) is 8.12. The van der Waals surface area contributed by atoms with Gasteiger partial charge in [0.05, 0.1) is 0 Å². The average Bonchev–Trinajstić information content (AvgIpc) is 2.92. The number of rotatable bonds is 10. The lowest BCUT2D eigenvalue weighted by atomic mass is 9.91. The molecule has 0 spiro atoms. The van der Waals surface area contributed by atoms with Gasteiger partial charge in [0, 0.05) is 62.1 Å². The van der Waals surface area contributed by atoms with Gasteiger partial charge in [-0.15, -0.1) is 0 Å². The molecule has 0 bridgehead atoms. The highest BCUT2D eigenvalue weighted by molar-refractivity contribution is 6.09. The number of amides is 2. The summed E-state index contributed by atoms with van der Waals surface area (Å²) in [5.41, 5.74) is 9.19. The molecule has 0 aliphatic rings. The zero-order valence-electron chi connectivity index (χ0n) is 27.6. The number of hydrogen-bond donors (Lipinski definition) is 2. The minimum Gasteiger partial charge on any atom is -0.378 e. The van der Waals surface area contributed by atoms with Gasteiger partial charge in [0.15, 0.2) is 0 Å². The second-order valence-electron chi connectivity index (χ2n) is 12.9. The van der Waals surface area contributed by atoms with E-state index in [1.165, 1.54) is 0 Å². The maximum Gasteiger partial charge on any atom is 0.255 e. The molecule has 0 radical (unpaired) electrons. The molecule has 226 valence electrons. The summed E-state index contributed by atoms with van der Waals surface area (Å²) in [4.78, 5) is 31.5. The largest absolute Gasteiger partial charge is 0.378 e. The van der Waals surface area contributed by atoms with E-state index < -0.39 is 0 Å². The van der Waals surface area contributed by atoms with E-state index in [-0.39, 0.29) is 35.5 Å². The summed E-state index contributed by atoms with van der Waals surface area (Å²) in [5.74, 6) is 0.426. The minimum atomic E-state index is -0.230. The predicted octanol–water partition coefficient (Wildman–Crippen LogP) is 8.82. The first-order valence-electron chi connectivity index (χ1n) is 15.0. The molecule has 3 aromatic carbocycles. The van der Waals surface area contributed by atoms with Gasteiger partial charge in [-0.1, -0.05) is 61.5 Å². The summed E-state index contributed by atoms with van der Waals surface area (Å²) >= 11 is 0. The maximum absolute atomic E-state index is 13.6. The highest BCUT2D eigenvalue weighted by Gasteiger charge is 2.22. The van der Waals surface area contributed by atoms with Gasteiger partial charge in [-0.05, 0) is 88.4 Å². The average molecular weight is 571 g/mol. The minimum absolute atomic E-state index is 0.221. The van der Waals surface area contributed by atoms with Crippen molar-refractivity contribution in [3.63, 3.8) is 0 Å². The molecule has 2 amide bonds. The van der Waals surface area contributed by atoms with Crippen LogP contribution >= 0.6 is 0 Å². The summed E-state index contributed by atoms with van der Waals surface area (Å²) < 4.78 is 0. The zero-order valence-corrected chi connectivity index (χ0v) is 27.6. The lowest BCUT2D eigenvalue weighted by molar-refractivity contribution is 0.102. The number of nitrogens with one attached hydrogen (secondary N) is 2. The molecule has 0 unspecified atom stereocenters. The summed E-state index contributed by atoms with van der Waals surface area (Å²) in [6.45, 7) is 17.1. The molecular weight excluding hydrogens is 520 g/mol. The lowest BCUT2D eigenvalue weighted by Gasteiger charge is -2.25.